The second kappa shape index (κ2) is 7.47. The molecule has 0 saturated carbocycles. The molecule has 2 aromatic heterocycles. The molecule has 142 valence electrons. The maximum Gasteiger partial charge on any atom is 0.291 e. The number of fused-ring (bicyclic) bond motifs is 1. The van der Waals surface area contributed by atoms with E-state index in [1.165, 1.54) is 5.56 Å². The van der Waals surface area contributed by atoms with Crippen LogP contribution in [0.15, 0.2) is 30.3 Å². The molecule has 0 radical (unpaired) electrons. The van der Waals surface area contributed by atoms with Crippen LogP contribution in [-0.2, 0) is 0 Å². The highest BCUT2D eigenvalue weighted by Crippen LogP contribution is 2.24. The van der Waals surface area contributed by atoms with Crippen LogP contribution in [0.3, 0.4) is 0 Å². The number of hydrogen-bond acceptors (Lipinski definition) is 4. The second-order valence-corrected chi connectivity index (χ2v) is 7.70. The molecule has 1 atom stereocenters. The second-order valence-electron chi connectivity index (χ2n) is 7.70. The van der Waals surface area contributed by atoms with Crippen molar-refractivity contribution in [3.63, 3.8) is 0 Å². The van der Waals surface area contributed by atoms with Gasteiger partial charge in [0, 0.05) is 11.4 Å². The topological polar surface area (TPSA) is 72.2 Å². The van der Waals surface area contributed by atoms with Crippen LogP contribution in [0.25, 0.3) is 5.78 Å². The molecule has 3 rings (SSSR count). The Labute approximate surface area is 160 Å². The molecular formula is C21H27N5O. The Bertz CT molecular complexity index is 957. The van der Waals surface area contributed by atoms with E-state index in [0.29, 0.717) is 11.7 Å². The summed E-state index contributed by atoms with van der Waals surface area (Å²) >= 11 is 0. The van der Waals surface area contributed by atoms with Gasteiger partial charge in [0.15, 0.2) is 0 Å². The number of aromatic nitrogens is 4. The first-order valence-corrected chi connectivity index (χ1v) is 9.38. The normalized spacial score (nSPS) is 12.7. The minimum absolute atomic E-state index is 0.110. The van der Waals surface area contributed by atoms with E-state index in [1.807, 2.05) is 19.9 Å². The van der Waals surface area contributed by atoms with Gasteiger partial charge in [0.25, 0.3) is 11.7 Å². The Morgan fingerprint density at radius 1 is 1.00 bits per heavy atom. The van der Waals surface area contributed by atoms with Gasteiger partial charge in [-0.3, -0.25) is 4.79 Å². The zero-order valence-corrected chi connectivity index (χ0v) is 16.8. The molecule has 0 fully saturated rings. The lowest BCUT2D eigenvalue weighted by Crippen LogP contribution is -2.32. The van der Waals surface area contributed by atoms with E-state index in [0.717, 1.165) is 17.0 Å². The van der Waals surface area contributed by atoms with E-state index >= 15 is 0 Å². The van der Waals surface area contributed by atoms with Crippen LogP contribution in [0.4, 0.5) is 0 Å². The first-order valence-electron chi connectivity index (χ1n) is 9.38. The molecule has 1 amide bonds. The van der Waals surface area contributed by atoms with Gasteiger partial charge < -0.3 is 5.32 Å². The fourth-order valence-corrected chi connectivity index (χ4v) is 3.19. The molecule has 6 heteroatoms. The van der Waals surface area contributed by atoms with Crippen LogP contribution >= 0.6 is 0 Å². The quantitative estimate of drug-likeness (QED) is 0.742. The lowest BCUT2D eigenvalue weighted by molar-refractivity contribution is 0.0915. The standard InChI is InChI=1S/C21H27N5O/c1-12(2)16-7-9-17(10-8-16)18(13(3)4)23-20(27)19-24-21-22-14(5)11-15(6)26(21)25-19/h7-13,18H,1-6H3,(H,23,27). The number of benzene rings is 1. The van der Waals surface area contributed by atoms with Gasteiger partial charge >= 0.3 is 0 Å². The van der Waals surface area contributed by atoms with Gasteiger partial charge in [0.2, 0.25) is 5.82 Å². The first-order chi connectivity index (χ1) is 12.8. The Hall–Kier alpha value is -2.76. The fraction of sp³-hybridized carbons (Fsp3) is 0.429. The summed E-state index contributed by atoms with van der Waals surface area (Å²) in [7, 11) is 0. The first kappa shape index (κ1) is 19.0. The number of amides is 1. The van der Waals surface area contributed by atoms with Gasteiger partial charge in [-0.15, -0.1) is 5.10 Å². The van der Waals surface area contributed by atoms with Crippen LogP contribution in [0.2, 0.25) is 0 Å². The summed E-state index contributed by atoms with van der Waals surface area (Å²) in [4.78, 5) is 21.5. The number of carbonyl (C=O) groups excluding carboxylic acids is 1. The summed E-state index contributed by atoms with van der Waals surface area (Å²) in [5.74, 6) is 1.01. The van der Waals surface area contributed by atoms with Crippen LogP contribution in [0, 0.1) is 19.8 Å². The van der Waals surface area contributed by atoms with Gasteiger partial charge in [0.1, 0.15) is 0 Å². The summed E-state index contributed by atoms with van der Waals surface area (Å²) in [6, 6.07) is 10.2. The monoisotopic (exact) mass is 365 g/mol. The zero-order valence-electron chi connectivity index (χ0n) is 16.8. The van der Waals surface area contributed by atoms with Crippen molar-refractivity contribution in [1.82, 2.24) is 24.9 Å². The van der Waals surface area contributed by atoms with Gasteiger partial charge in [-0.1, -0.05) is 52.0 Å². The average molecular weight is 365 g/mol. The predicted octanol–water partition coefficient (Wildman–Crippen LogP) is 3.99. The highest BCUT2D eigenvalue weighted by Gasteiger charge is 2.22. The molecule has 0 bridgehead atoms. The summed E-state index contributed by atoms with van der Waals surface area (Å²) in [6.07, 6.45) is 0. The number of carbonyl (C=O) groups is 1. The number of hydrogen-bond donors (Lipinski definition) is 1. The van der Waals surface area contributed by atoms with E-state index in [2.05, 4.69) is 72.3 Å². The van der Waals surface area contributed by atoms with Crippen molar-refractivity contribution in [3.8, 4) is 0 Å². The molecule has 0 spiro atoms. The Balaban J connectivity index is 1.86. The Morgan fingerprint density at radius 2 is 1.63 bits per heavy atom. The Morgan fingerprint density at radius 3 is 2.22 bits per heavy atom. The highest BCUT2D eigenvalue weighted by molar-refractivity contribution is 5.91. The van der Waals surface area contributed by atoms with E-state index in [9.17, 15) is 4.79 Å². The van der Waals surface area contributed by atoms with Gasteiger partial charge in [-0.25, -0.2) is 9.50 Å². The third-order valence-corrected chi connectivity index (χ3v) is 4.74. The molecule has 1 N–H and O–H groups in total. The van der Waals surface area contributed by atoms with Crippen LogP contribution < -0.4 is 5.32 Å². The van der Waals surface area contributed by atoms with Gasteiger partial charge in [0.05, 0.1) is 6.04 Å². The minimum Gasteiger partial charge on any atom is -0.342 e. The molecule has 0 aliphatic rings. The SMILES string of the molecule is Cc1cc(C)n2nc(C(=O)NC(c3ccc(C(C)C)cc3)C(C)C)nc2n1. The number of nitrogens with one attached hydrogen (secondary N) is 1. The summed E-state index contributed by atoms with van der Waals surface area (Å²) in [5, 5.41) is 7.42. The van der Waals surface area contributed by atoms with Crippen LogP contribution in [0.5, 0.6) is 0 Å². The number of aryl methyl sites for hydroxylation is 2. The van der Waals surface area contributed by atoms with Gasteiger partial charge in [-0.05, 0) is 42.9 Å². The summed E-state index contributed by atoms with van der Waals surface area (Å²) in [6.45, 7) is 12.3. The van der Waals surface area contributed by atoms with E-state index in [4.69, 9.17) is 0 Å². The molecule has 1 aromatic carbocycles. The largest absolute Gasteiger partial charge is 0.342 e. The highest BCUT2D eigenvalue weighted by atomic mass is 16.2. The van der Waals surface area contributed by atoms with E-state index in [-0.39, 0.29) is 23.7 Å². The van der Waals surface area contributed by atoms with Crippen molar-refractivity contribution in [1.29, 1.82) is 0 Å². The molecule has 2 heterocycles. The molecule has 0 aliphatic heterocycles. The smallest absolute Gasteiger partial charge is 0.291 e. The molecular weight excluding hydrogens is 338 g/mol. The van der Waals surface area contributed by atoms with E-state index < -0.39 is 0 Å². The molecule has 0 saturated heterocycles. The number of nitrogens with zero attached hydrogens (tertiary/aromatic N) is 4. The van der Waals surface area contributed by atoms with Gasteiger partial charge in [-0.2, -0.15) is 4.98 Å². The van der Waals surface area contributed by atoms with Crippen LogP contribution in [0.1, 0.15) is 72.8 Å². The lowest BCUT2D eigenvalue weighted by atomic mass is 9.93. The van der Waals surface area contributed by atoms with Crippen molar-refractivity contribution >= 4 is 11.7 Å². The van der Waals surface area contributed by atoms with Crippen molar-refractivity contribution < 1.29 is 4.79 Å². The van der Waals surface area contributed by atoms with Crippen molar-refractivity contribution in [2.75, 3.05) is 0 Å². The average Bonchev–Trinajstić information content (AvgIpc) is 3.03. The van der Waals surface area contributed by atoms with Crippen LogP contribution in [-0.4, -0.2) is 25.5 Å². The molecule has 0 aliphatic carbocycles. The van der Waals surface area contributed by atoms with E-state index in [1.54, 1.807) is 4.52 Å². The molecule has 27 heavy (non-hydrogen) atoms. The zero-order chi connectivity index (χ0) is 19.7. The number of rotatable bonds is 5. The third-order valence-electron chi connectivity index (χ3n) is 4.74. The molecule has 6 nitrogen and oxygen atoms in total. The van der Waals surface area contributed by atoms with Crippen molar-refractivity contribution in [2.24, 2.45) is 5.92 Å². The predicted molar refractivity (Wildman–Crippen MR) is 106 cm³/mol. The summed E-state index contributed by atoms with van der Waals surface area (Å²) < 4.78 is 1.60. The maximum atomic E-state index is 12.8. The Kier molecular flexibility index (Phi) is 5.26. The molecule has 3 aromatic rings. The van der Waals surface area contributed by atoms with Crippen molar-refractivity contribution in [3.05, 3.63) is 58.7 Å². The maximum absolute atomic E-state index is 12.8. The molecule has 1 unspecified atom stereocenters. The minimum atomic E-state index is -0.288. The fourth-order valence-electron chi connectivity index (χ4n) is 3.19. The lowest BCUT2D eigenvalue weighted by Gasteiger charge is -2.22. The third kappa shape index (κ3) is 3.99. The van der Waals surface area contributed by atoms with Crippen molar-refractivity contribution in [2.45, 2.75) is 53.5 Å². The summed E-state index contributed by atoms with van der Waals surface area (Å²) in [5.41, 5.74) is 4.11.